The first kappa shape index (κ1) is 13.9. The maximum atomic E-state index is 12.1. The topological polar surface area (TPSA) is 98.0 Å². The molecule has 0 atom stereocenters. The average molecular weight is 293 g/mol. The molecule has 2 aromatic rings. The highest BCUT2D eigenvalue weighted by Gasteiger charge is 2.17. The van der Waals surface area contributed by atoms with E-state index in [1.54, 1.807) is 25.3 Å². The summed E-state index contributed by atoms with van der Waals surface area (Å²) in [5.41, 5.74) is 0.752. The third kappa shape index (κ3) is 2.89. The Morgan fingerprint density at radius 2 is 2.20 bits per heavy atom. The number of nitro groups is 1. The van der Waals surface area contributed by atoms with Gasteiger partial charge in [0.1, 0.15) is 11.3 Å². The van der Waals surface area contributed by atoms with Crippen LogP contribution in [0.3, 0.4) is 0 Å². The van der Waals surface area contributed by atoms with Gasteiger partial charge in [0.15, 0.2) is 0 Å². The van der Waals surface area contributed by atoms with Crippen LogP contribution in [0.25, 0.3) is 0 Å². The predicted octanol–water partition coefficient (Wildman–Crippen LogP) is 2.60. The Labute approximate surface area is 118 Å². The van der Waals surface area contributed by atoms with E-state index in [2.05, 4.69) is 15.3 Å². The van der Waals surface area contributed by atoms with E-state index >= 15 is 0 Å². The number of anilines is 1. The molecule has 0 aliphatic heterocycles. The van der Waals surface area contributed by atoms with E-state index in [1.165, 1.54) is 0 Å². The number of nitrogens with one attached hydrogen (secondary N) is 1. The summed E-state index contributed by atoms with van der Waals surface area (Å²) in [6, 6.07) is 4.41. The molecule has 0 aliphatic carbocycles. The lowest BCUT2D eigenvalue weighted by atomic mass is 10.2. The van der Waals surface area contributed by atoms with Crippen LogP contribution in [0.15, 0.2) is 30.6 Å². The molecule has 0 fully saturated rings. The zero-order valence-corrected chi connectivity index (χ0v) is 11.1. The van der Waals surface area contributed by atoms with Crippen LogP contribution in [0.5, 0.6) is 0 Å². The highest BCUT2D eigenvalue weighted by atomic mass is 35.5. The number of aryl methyl sites for hydroxylation is 1. The minimum atomic E-state index is -0.643. The minimum absolute atomic E-state index is 0.0656. The van der Waals surface area contributed by atoms with Gasteiger partial charge in [-0.1, -0.05) is 11.6 Å². The number of carbonyl (C=O) groups is 1. The molecular weight excluding hydrogens is 284 g/mol. The third-order valence-electron chi connectivity index (χ3n) is 2.54. The van der Waals surface area contributed by atoms with Gasteiger partial charge in [0, 0.05) is 12.3 Å². The van der Waals surface area contributed by atoms with Crippen molar-refractivity contribution < 1.29 is 9.72 Å². The molecule has 0 bridgehead atoms. The Bertz CT molecular complexity index is 690. The van der Waals surface area contributed by atoms with Crippen LogP contribution in [0.2, 0.25) is 5.15 Å². The normalized spacial score (nSPS) is 10.1. The zero-order valence-electron chi connectivity index (χ0n) is 10.3. The van der Waals surface area contributed by atoms with Gasteiger partial charge >= 0.3 is 0 Å². The highest BCUT2D eigenvalue weighted by molar-refractivity contribution is 6.33. The van der Waals surface area contributed by atoms with E-state index < -0.39 is 10.8 Å². The van der Waals surface area contributed by atoms with Crippen molar-refractivity contribution in [3.8, 4) is 0 Å². The fourth-order valence-corrected chi connectivity index (χ4v) is 1.69. The van der Waals surface area contributed by atoms with Gasteiger partial charge in [-0.05, 0) is 19.1 Å². The van der Waals surface area contributed by atoms with Crippen molar-refractivity contribution in [1.29, 1.82) is 0 Å². The summed E-state index contributed by atoms with van der Waals surface area (Å²) in [4.78, 5) is 29.8. The smallest absolute Gasteiger partial charge is 0.288 e. The molecule has 2 aromatic heterocycles. The Morgan fingerprint density at radius 1 is 1.45 bits per heavy atom. The molecule has 0 aliphatic rings. The first-order valence-corrected chi connectivity index (χ1v) is 5.89. The molecule has 20 heavy (non-hydrogen) atoms. The van der Waals surface area contributed by atoms with E-state index in [1.807, 2.05) is 0 Å². The fraction of sp³-hybridized carbons (Fsp3) is 0.0833. The molecule has 0 radical (unpaired) electrons. The Morgan fingerprint density at radius 3 is 2.85 bits per heavy atom. The SMILES string of the molecule is Cc1ncccc1NC(=O)c1cc([N+](=O)[O-])cnc1Cl. The average Bonchev–Trinajstić information content (AvgIpc) is 2.41. The number of hydrogen-bond donors (Lipinski definition) is 1. The van der Waals surface area contributed by atoms with Crippen molar-refractivity contribution in [2.24, 2.45) is 0 Å². The zero-order chi connectivity index (χ0) is 14.7. The largest absolute Gasteiger partial charge is 0.320 e. The maximum absolute atomic E-state index is 12.1. The van der Waals surface area contributed by atoms with E-state index in [-0.39, 0.29) is 16.4 Å². The molecular formula is C12H9ClN4O3. The van der Waals surface area contributed by atoms with Crippen LogP contribution in [-0.2, 0) is 0 Å². The second-order valence-electron chi connectivity index (χ2n) is 3.88. The van der Waals surface area contributed by atoms with Crippen LogP contribution >= 0.6 is 11.6 Å². The van der Waals surface area contributed by atoms with Crippen molar-refractivity contribution in [2.75, 3.05) is 5.32 Å². The number of halogens is 1. The van der Waals surface area contributed by atoms with Crippen LogP contribution in [0.1, 0.15) is 16.1 Å². The quantitative estimate of drug-likeness (QED) is 0.532. The molecule has 0 aromatic carbocycles. The summed E-state index contributed by atoms with van der Waals surface area (Å²) in [5, 5.41) is 13.2. The van der Waals surface area contributed by atoms with Crippen molar-refractivity contribution in [1.82, 2.24) is 9.97 Å². The van der Waals surface area contributed by atoms with Crippen molar-refractivity contribution in [3.63, 3.8) is 0 Å². The summed E-state index contributed by atoms with van der Waals surface area (Å²) in [6.45, 7) is 1.73. The molecule has 8 heteroatoms. The molecule has 7 nitrogen and oxygen atoms in total. The number of aromatic nitrogens is 2. The van der Waals surface area contributed by atoms with E-state index in [9.17, 15) is 14.9 Å². The van der Waals surface area contributed by atoms with E-state index in [4.69, 9.17) is 11.6 Å². The molecule has 2 heterocycles. The van der Waals surface area contributed by atoms with E-state index in [0.29, 0.717) is 11.4 Å². The number of pyridine rings is 2. The van der Waals surface area contributed by atoms with Crippen LogP contribution in [-0.4, -0.2) is 20.8 Å². The second kappa shape index (κ2) is 5.62. The number of rotatable bonds is 3. The van der Waals surface area contributed by atoms with Crippen molar-refractivity contribution >= 4 is 28.9 Å². The first-order chi connectivity index (χ1) is 9.49. The fourth-order valence-electron chi connectivity index (χ4n) is 1.50. The lowest BCUT2D eigenvalue weighted by Gasteiger charge is -2.07. The lowest BCUT2D eigenvalue weighted by molar-refractivity contribution is -0.385. The molecule has 0 saturated heterocycles. The van der Waals surface area contributed by atoms with Gasteiger partial charge in [-0.25, -0.2) is 4.98 Å². The van der Waals surface area contributed by atoms with Gasteiger partial charge in [-0.15, -0.1) is 0 Å². The Hall–Kier alpha value is -2.54. The Kier molecular flexibility index (Phi) is 3.90. The predicted molar refractivity (Wildman–Crippen MR) is 72.8 cm³/mol. The van der Waals surface area contributed by atoms with Gasteiger partial charge in [0.25, 0.3) is 11.6 Å². The van der Waals surface area contributed by atoms with Crippen molar-refractivity contribution in [3.05, 3.63) is 57.1 Å². The first-order valence-electron chi connectivity index (χ1n) is 5.52. The summed E-state index contributed by atoms with van der Waals surface area (Å²) >= 11 is 5.79. The molecule has 102 valence electrons. The van der Waals surface area contributed by atoms with Crippen LogP contribution in [0.4, 0.5) is 11.4 Å². The van der Waals surface area contributed by atoms with Gasteiger partial charge in [0.05, 0.1) is 21.9 Å². The van der Waals surface area contributed by atoms with Crippen LogP contribution < -0.4 is 5.32 Å². The second-order valence-corrected chi connectivity index (χ2v) is 4.24. The summed E-state index contributed by atoms with van der Waals surface area (Å²) in [5.74, 6) is -0.581. The van der Waals surface area contributed by atoms with Crippen molar-refractivity contribution in [2.45, 2.75) is 6.92 Å². The van der Waals surface area contributed by atoms with Gasteiger partial charge in [-0.3, -0.25) is 19.9 Å². The summed E-state index contributed by atoms with van der Waals surface area (Å²) in [6.07, 6.45) is 2.58. The third-order valence-corrected chi connectivity index (χ3v) is 2.84. The maximum Gasteiger partial charge on any atom is 0.288 e. The number of amides is 1. The standard InChI is InChI=1S/C12H9ClN4O3/c1-7-10(3-2-4-14-7)16-12(18)9-5-8(17(19)20)6-15-11(9)13/h2-6H,1H3,(H,16,18). The molecule has 0 saturated carbocycles. The van der Waals surface area contributed by atoms with E-state index in [0.717, 1.165) is 12.3 Å². The Balaban J connectivity index is 2.32. The van der Waals surface area contributed by atoms with Crippen LogP contribution in [0, 0.1) is 17.0 Å². The lowest BCUT2D eigenvalue weighted by Crippen LogP contribution is -2.14. The molecule has 1 amide bonds. The molecule has 0 spiro atoms. The number of hydrogen-bond acceptors (Lipinski definition) is 5. The summed E-state index contributed by atoms with van der Waals surface area (Å²) in [7, 11) is 0. The number of carbonyl (C=O) groups excluding carboxylic acids is 1. The molecule has 0 unspecified atom stereocenters. The summed E-state index contributed by atoms with van der Waals surface area (Å²) < 4.78 is 0. The minimum Gasteiger partial charge on any atom is -0.320 e. The molecule has 1 N–H and O–H groups in total. The van der Waals surface area contributed by atoms with Gasteiger partial charge < -0.3 is 5.32 Å². The highest BCUT2D eigenvalue weighted by Crippen LogP contribution is 2.21. The monoisotopic (exact) mass is 292 g/mol. The van der Waals surface area contributed by atoms with Gasteiger partial charge in [0.2, 0.25) is 0 Å². The number of nitrogens with zero attached hydrogens (tertiary/aromatic N) is 3. The molecule has 2 rings (SSSR count). The van der Waals surface area contributed by atoms with Gasteiger partial charge in [-0.2, -0.15) is 0 Å².